The summed E-state index contributed by atoms with van der Waals surface area (Å²) >= 11 is 0. The van der Waals surface area contributed by atoms with E-state index in [4.69, 9.17) is 15.7 Å². The van der Waals surface area contributed by atoms with Gasteiger partial charge in [-0.1, -0.05) is 6.07 Å². The van der Waals surface area contributed by atoms with Gasteiger partial charge in [-0.3, -0.25) is 34.2 Å². The number of hydrogen-bond acceptors (Lipinski definition) is 12. The number of nitrogens with one attached hydrogen (secondary N) is 1. The fraction of sp³-hybridized carbons (Fsp3) is 0.500. The molecule has 0 saturated carbocycles. The normalized spacial score (nSPS) is 23.4. The van der Waals surface area contributed by atoms with Gasteiger partial charge in [0.05, 0.1) is 29.1 Å². The molecule has 6 aliphatic rings. The molecule has 0 radical (unpaired) electrons. The van der Waals surface area contributed by atoms with Crippen LogP contribution in [-0.4, -0.2) is 137 Å². The first-order chi connectivity index (χ1) is 28.5. The zero-order valence-electron chi connectivity index (χ0n) is 33.3. The summed E-state index contributed by atoms with van der Waals surface area (Å²) in [6, 6.07) is 8.56. The average molecular weight is 804 g/mol. The third-order valence-electron chi connectivity index (χ3n) is 13.4. The molecule has 1 spiro atoms. The number of carbonyl (C=O) groups is 6. The minimum absolute atomic E-state index is 0.0611. The summed E-state index contributed by atoms with van der Waals surface area (Å²) in [5.74, 6) is -1.05. The largest absolute Gasteiger partial charge is 0.371 e. The summed E-state index contributed by atoms with van der Waals surface area (Å²) in [5, 5.41) is 2.25. The van der Waals surface area contributed by atoms with Crippen molar-refractivity contribution in [1.29, 1.82) is 0 Å². The molecule has 1 aromatic carbocycles. The van der Waals surface area contributed by atoms with Crippen LogP contribution >= 0.6 is 0 Å². The molecule has 5 fully saturated rings. The summed E-state index contributed by atoms with van der Waals surface area (Å²) in [4.78, 5) is 101. The van der Waals surface area contributed by atoms with E-state index in [1.54, 1.807) is 23.2 Å². The van der Waals surface area contributed by atoms with Crippen LogP contribution in [0.3, 0.4) is 0 Å². The number of hydrogen-bond donors (Lipinski definition) is 2. The van der Waals surface area contributed by atoms with E-state index in [9.17, 15) is 28.8 Å². The number of primary amides is 1. The van der Waals surface area contributed by atoms with Crippen molar-refractivity contribution in [2.45, 2.75) is 69.9 Å². The quantitative estimate of drug-likeness (QED) is 0.316. The summed E-state index contributed by atoms with van der Waals surface area (Å²) < 4.78 is 0. The maximum absolute atomic E-state index is 13.4. The van der Waals surface area contributed by atoms with Crippen LogP contribution in [0, 0.1) is 5.41 Å². The Hall–Kier alpha value is -6.13. The van der Waals surface area contributed by atoms with Crippen molar-refractivity contribution >= 4 is 52.9 Å². The fourth-order valence-electron chi connectivity index (χ4n) is 9.83. The Morgan fingerprint density at radius 3 is 2.24 bits per heavy atom. The molecule has 0 aliphatic carbocycles. The molecule has 3 aromatic rings. The number of benzene rings is 1. The Kier molecular flexibility index (Phi) is 9.91. The summed E-state index contributed by atoms with van der Waals surface area (Å²) in [6.07, 6.45) is 9.95. The van der Waals surface area contributed by atoms with Crippen LogP contribution < -0.4 is 25.8 Å². The van der Waals surface area contributed by atoms with Crippen LogP contribution in [0.15, 0.2) is 42.7 Å². The van der Waals surface area contributed by atoms with Gasteiger partial charge in [0.1, 0.15) is 23.4 Å². The highest BCUT2D eigenvalue weighted by Gasteiger charge is 2.45. The number of anilines is 3. The maximum atomic E-state index is 13.4. The second-order valence-corrected chi connectivity index (χ2v) is 16.9. The van der Waals surface area contributed by atoms with Crippen LogP contribution in [0.25, 0.3) is 0 Å². The number of nitrogens with two attached hydrogens (primary N) is 1. The summed E-state index contributed by atoms with van der Waals surface area (Å²) in [5.41, 5.74) is 8.97. The number of aromatic nitrogens is 3. The number of fused-ring (bicyclic) bond motifs is 1. The maximum Gasteiger partial charge on any atom is 0.320 e. The SMILES string of the molecule is CN1CCN([C@H]2CCCN(c3cnc(C(N)=O)c(Cc4ccc(N5CCC6(CCN(c7ccc8c(c7)C(=O)N(C7CCC(=O)NC7=O)C8=O)CC6)CC5)nc4)n3)C2)C1=O. The molecular formula is C42H49N11O6. The van der Waals surface area contributed by atoms with Crippen molar-refractivity contribution in [2.24, 2.45) is 11.1 Å². The first-order valence-corrected chi connectivity index (χ1v) is 20.7. The third-order valence-corrected chi connectivity index (χ3v) is 13.4. The molecule has 0 bridgehead atoms. The number of nitrogens with zero attached hydrogens (tertiary/aromatic N) is 9. The Morgan fingerprint density at radius 1 is 0.814 bits per heavy atom. The van der Waals surface area contributed by atoms with Gasteiger partial charge < -0.3 is 30.2 Å². The number of likely N-dealkylation sites (N-methyl/N-ethyl adjacent to an activating group) is 1. The lowest BCUT2D eigenvalue weighted by molar-refractivity contribution is -0.136. The van der Waals surface area contributed by atoms with E-state index in [-0.39, 0.29) is 41.6 Å². The predicted octanol–water partition coefficient (Wildman–Crippen LogP) is 2.19. The molecule has 3 N–H and O–H groups in total. The standard InChI is InChI=1S/C42H49N11O6/c1-48-19-20-52(41(48)59)28-3-2-14-51(25-28)34-24-45-36(37(43)55)31(46-34)21-26-4-8-33(44-23-26)50-17-12-42(13-18-50)10-15-49(16-11-42)27-5-6-29-30(22-27)40(58)53(39(29)57)32-7-9-35(54)47-38(32)56/h4-6,8,22-24,28,32H,2-3,7,9-21,25H2,1H3,(H2,43,55)(H,47,54,56)/t28-,32?/m0/s1. The fourth-order valence-corrected chi connectivity index (χ4v) is 9.83. The Bertz CT molecular complexity index is 2210. The second-order valence-electron chi connectivity index (χ2n) is 16.9. The lowest BCUT2D eigenvalue weighted by Crippen LogP contribution is -2.54. The molecule has 5 saturated heterocycles. The van der Waals surface area contributed by atoms with Gasteiger partial charge in [-0.15, -0.1) is 0 Å². The van der Waals surface area contributed by atoms with Crippen LogP contribution in [0.1, 0.15) is 93.8 Å². The molecule has 17 nitrogen and oxygen atoms in total. The lowest BCUT2D eigenvalue weighted by atomic mass is 9.71. The van der Waals surface area contributed by atoms with Crippen molar-refractivity contribution in [3.05, 3.63) is 70.8 Å². The number of amides is 7. The number of carbonyl (C=O) groups excluding carboxylic acids is 6. The van der Waals surface area contributed by atoms with E-state index >= 15 is 0 Å². The Morgan fingerprint density at radius 2 is 1.56 bits per heavy atom. The minimum atomic E-state index is -0.983. The number of pyridine rings is 1. The van der Waals surface area contributed by atoms with Crippen LogP contribution in [0.5, 0.6) is 0 Å². The average Bonchev–Trinajstić information content (AvgIpc) is 3.71. The highest BCUT2D eigenvalue weighted by molar-refractivity contribution is 6.23. The molecule has 2 atom stereocenters. The number of imide groups is 2. The highest BCUT2D eigenvalue weighted by atomic mass is 16.2. The minimum Gasteiger partial charge on any atom is -0.371 e. The van der Waals surface area contributed by atoms with Gasteiger partial charge in [-0.05, 0) is 80.2 Å². The van der Waals surface area contributed by atoms with Gasteiger partial charge >= 0.3 is 6.03 Å². The van der Waals surface area contributed by atoms with Gasteiger partial charge in [0.15, 0.2) is 0 Å². The topological polar surface area (TPSA) is 199 Å². The van der Waals surface area contributed by atoms with Gasteiger partial charge in [-0.25, -0.2) is 19.7 Å². The molecule has 17 heteroatoms. The summed E-state index contributed by atoms with van der Waals surface area (Å²) in [6.45, 7) is 6.32. The van der Waals surface area contributed by atoms with E-state index in [2.05, 4.69) is 25.0 Å². The first kappa shape index (κ1) is 38.4. The van der Waals surface area contributed by atoms with E-state index in [0.29, 0.717) is 30.0 Å². The molecular weight excluding hydrogens is 755 g/mol. The van der Waals surface area contributed by atoms with Crippen LogP contribution in [0.2, 0.25) is 0 Å². The Labute approximate surface area is 341 Å². The van der Waals surface area contributed by atoms with E-state index in [1.807, 2.05) is 36.3 Å². The second kappa shape index (κ2) is 15.2. The number of rotatable bonds is 8. The van der Waals surface area contributed by atoms with E-state index < -0.39 is 35.6 Å². The van der Waals surface area contributed by atoms with E-state index in [1.165, 1.54) is 0 Å². The predicted molar refractivity (Wildman–Crippen MR) is 216 cm³/mol. The van der Waals surface area contributed by atoms with Crippen molar-refractivity contribution in [2.75, 3.05) is 74.1 Å². The van der Waals surface area contributed by atoms with Crippen LogP contribution in [-0.2, 0) is 16.0 Å². The molecule has 1 unspecified atom stereocenters. The van der Waals surface area contributed by atoms with Crippen LogP contribution in [0.4, 0.5) is 22.1 Å². The van der Waals surface area contributed by atoms with Gasteiger partial charge in [0.25, 0.3) is 17.7 Å². The zero-order valence-corrected chi connectivity index (χ0v) is 33.3. The van der Waals surface area contributed by atoms with Gasteiger partial charge in [-0.2, -0.15) is 0 Å². The molecule has 8 heterocycles. The van der Waals surface area contributed by atoms with Gasteiger partial charge in [0, 0.05) is 84.1 Å². The molecule has 2 aromatic heterocycles. The van der Waals surface area contributed by atoms with E-state index in [0.717, 1.165) is 106 Å². The van der Waals surface area contributed by atoms with Crippen molar-refractivity contribution in [3.8, 4) is 0 Å². The molecule has 7 amide bonds. The molecule has 59 heavy (non-hydrogen) atoms. The highest BCUT2D eigenvalue weighted by Crippen LogP contribution is 2.43. The van der Waals surface area contributed by atoms with Gasteiger partial charge in [0.2, 0.25) is 11.8 Å². The van der Waals surface area contributed by atoms with Crippen molar-refractivity contribution in [1.82, 2.24) is 35.0 Å². The zero-order chi connectivity index (χ0) is 41.0. The number of piperidine rings is 4. The molecule has 308 valence electrons. The Balaban J connectivity index is 0.798. The number of urea groups is 1. The van der Waals surface area contributed by atoms with Crippen molar-refractivity contribution in [3.63, 3.8) is 0 Å². The lowest BCUT2D eigenvalue weighted by Gasteiger charge is -2.47. The molecule has 9 rings (SSSR count). The monoisotopic (exact) mass is 803 g/mol. The third kappa shape index (κ3) is 7.20. The first-order valence-electron chi connectivity index (χ1n) is 20.7. The summed E-state index contributed by atoms with van der Waals surface area (Å²) in [7, 11) is 1.83. The van der Waals surface area contributed by atoms with Crippen molar-refractivity contribution < 1.29 is 28.8 Å². The molecule has 6 aliphatic heterocycles. The smallest absolute Gasteiger partial charge is 0.320 e.